The lowest BCUT2D eigenvalue weighted by atomic mass is 10.1. The lowest BCUT2D eigenvalue weighted by Crippen LogP contribution is -2.42. The van der Waals surface area contributed by atoms with Crippen molar-refractivity contribution in [3.8, 4) is 5.75 Å². The summed E-state index contributed by atoms with van der Waals surface area (Å²) in [4.78, 5) is 2.40. The van der Waals surface area contributed by atoms with Crippen molar-refractivity contribution in [1.29, 1.82) is 0 Å². The molecule has 23 heavy (non-hydrogen) atoms. The molecule has 0 bridgehead atoms. The first-order valence-electron chi connectivity index (χ1n) is 7.94. The van der Waals surface area contributed by atoms with E-state index in [1.54, 1.807) is 7.11 Å². The van der Waals surface area contributed by atoms with Crippen LogP contribution in [0.3, 0.4) is 0 Å². The summed E-state index contributed by atoms with van der Waals surface area (Å²) < 4.78 is 24.0. The fraction of sp³-hybridized carbons (Fsp3) is 0.368. The maximum absolute atomic E-state index is 13.0. The highest BCUT2D eigenvalue weighted by Crippen LogP contribution is 2.17. The molecular weight excluding hydrogens is 293 g/mol. The molecule has 0 aliphatic carbocycles. The SMILES string of the molecule is COc1ccc(CN2CCO[C@@H](Cc3ccc(F)cc3)C2)cc1. The summed E-state index contributed by atoms with van der Waals surface area (Å²) in [6.07, 6.45) is 0.979. The molecule has 122 valence electrons. The molecule has 2 aromatic carbocycles. The van der Waals surface area contributed by atoms with Crippen LogP contribution in [-0.4, -0.2) is 37.8 Å². The van der Waals surface area contributed by atoms with Crippen LogP contribution in [-0.2, 0) is 17.7 Å². The molecule has 1 heterocycles. The average molecular weight is 315 g/mol. The van der Waals surface area contributed by atoms with Crippen molar-refractivity contribution in [2.45, 2.75) is 19.1 Å². The van der Waals surface area contributed by atoms with E-state index in [2.05, 4.69) is 17.0 Å². The van der Waals surface area contributed by atoms with Gasteiger partial charge in [-0.25, -0.2) is 4.39 Å². The minimum Gasteiger partial charge on any atom is -0.497 e. The monoisotopic (exact) mass is 315 g/mol. The first kappa shape index (κ1) is 16.0. The van der Waals surface area contributed by atoms with Gasteiger partial charge in [0, 0.05) is 19.6 Å². The van der Waals surface area contributed by atoms with E-state index in [1.807, 2.05) is 24.3 Å². The van der Waals surface area contributed by atoms with Crippen LogP contribution < -0.4 is 4.74 Å². The van der Waals surface area contributed by atoms with Crippen molar-refractivity contribution in [3.05, 3.63) is 65.5 Å². The van der Waals surface area contributed by atoms with Gasteiger partial charge in [0.1, 0.15) is 11.6 Å². The lowest BCUT2D eigenvalue weighted by Gasteiger charge is -2.33. The Morgan fingerprint density at radius 3 is 2.48 bits per heavy atom. The Hall–Kier alpha value is -1.91. The van der Waals surface area contributed by atoms with E-state index < -0.39 is 0 Å². The Labute approximate surface area is 136 Å². The predicted molar refractivity (Wildman–Crippen MR) is 88.1 cm³/mol. The first-order valence-corrected chi connectivity index (χ1v) is 7.94. The van der Waals surface area contributed by atoms with E-state index >= 15 is 0 Å². The van der Waals surface area contributed by atoms with Gasteiger partial charge < -0.3 is 9.47 Å². The summed E-state index contributed by atoms with van der Waals surface area (Å²) in [6, 6.07) is 14.9. The van der Waals surface area contributed by atoms with E-state index in [1.165, 1.54) is 17.7 Å². The van der Waals surface area contributed by atoms with Crippen molar-refractivity contribution in [3.63, 3.8) is 0 Å². The van der Waals surface area contributed by atoms with Gasteiger partial charge in [-0.1, -0.05) is 24.3 Å². The maximum Gasteiger partial charge on any atom is 0.123 e. The molecule has 1 atom stereocenters. The Balaban J connectivity index is 1.55. The van der Waals surface area contributed by atoms with Crippen LogP contribution in [0, 0.1) is 5.82 Å². The van der Waals surface area contributed by atoms with Crippen LogP contribution in [0.5, 0.6) is 5.75 Å². The number of halogens is 1. The van der Waals surface area contributed by atoms with Gasteiger partial charge in [-0.05, 0) is 41.8 Å². The molecule has 0 spiro atoms. The smallest absolute Gasteiger partial charge is 0.123 e. The van der Waals surface area contributed by atoms with Crippen LogP contribution in [0.25, 0.3) is 0 Å². The van der Waals surface area contributed by atoms with Gasteiger partial charge in [0.15, 0.2) is 0 Å². The third-order valence-electron chi connectivity index (χ3n) is 4.16. The molecule has 4 heteroatoms. The fourth-order valence-corrected chi connectivity index (χ4v) is 2.92. The molecule has 0 radical (unpaired) electrons. The van der Waals surface area contributed by atoms with Crippen LogP contribution in [0.4, 0.5) is 4.39 Å². The van der Waals surface area contributed by atoms with Gasteiger partial charge in [-0.2, -0.15) is 0 Å². The molecule has 1 saturated heterocycles. The largest absolute Gasteiger partial charge is 0.497 e. The van der Waals surface area contributed by atoms with E-state index in [0.717, 1.165) is 44.0 Å². The van der Waals surface area contributed by atoms with Crippen molar-refractivity contribution in [1.82, 2.24) is 4.90 Å². The van der Waals surface area contributed by atoms with Crippen molar-refractivity contribution in [2.75, 3.05) is 26.8 Å². The van der Waals surface area contributed by atoms with E-state index in [9.17, 15) is 4.39 Å². The highest BCUT2D eigenvalue weighted by Gasteiger charge is 2.20. The second kappa shape index (κ2) is 7.57. The van der Waals surface area contributed by atoms with Gasteiger partial charge in [0.2, 0.25) is 0 Å². The zero-order valence-electron chi connectivity index (χ0n) is 13.4. The topological polar surface area (TPSA) is 21.7 Å². The summed E-state index contributed by atoms with van der Waals surface area (Å²) in [7, 11) is 1.68. The van der Waals surface area contributed by atoms with Gasteiger partial charge in [0.25, 0.3) is 0 Å². The Kier molecular flexibility index (Phi) is 5.26. The molecule has 0 amide bonds. The number of hydrogen-bond donors (Lipinski definition) is 0. The molecule has 1 fully saturated rings. The predicted octanol–water partition coefficient (Wildman–Crippen LogP) is 3.28. The Bertz CT molecular complexity index is 612. The molecule has 0 unspecified atom stereocenters. The number of nitrogens with zero attached hydrogens (tertiary/aromatic N) is 1. The second-order valence-corrected chi connectivity index (χ2v) is 5.91. The Morgan fingerprint density at radius 1 is 1.09 bits per heavy atom. The van der Waals surface area contributed by atoms with Crippen LogP contribution in [0.1, 0.15) is 11.1 Å². The summed E-state index contributed by atoms with van der Waals surface area (Å²) in [5.41, 5.74) is 2.39. The summed E-state index contributed by atoms with van der Waals surface area (Å²) in [5, 5.41) is 0. The first-order chi connectivity index (χ1) is 11.2. The quantitative estimate of drug-likeness (QED) is 0.845. The van der Waals surface area contributed by atoms with Gasteiger partial charge in [-0.3, -0.25) is 4.90 Å². The molecule has 3 nitrogen and oxygen atoms in total. The molecule has 2 aromatic rings. The van der Waals surface area contributed by atoms with Crippen LogP contribution in [0.15, 0.2) is 48.5 Å². The standard InChI is InChI=1S/C19H22FNO2/c1-22-18-8-4-16(5-9-18)13-21-10-11-23-19(14-21)12-15-2-6-17(20)7-3-15/h2-9,19H,10-14H2,1H3/t19-/m0/s1. The molecule has 3 rings (SSSR count). The number of benzene rings is 2. The third-order valence-corrected chi connectivity index (χ3v) is 4.16. The number of ether oxygens (including phenoxy) is 2. The number of rotatable bonds is 5. The third kappa shape index (κ3) is 4.53. The van der Waals surface area contributed by atoms with Crippen LogP contribution in [0.2, 0.25) is 0 Å². The van der Waals surface area contributed by atoms with E-state index in [4.69, 9.17) is 9.47 Å². The zero-order chi connectivity index (χ0) is 16.1. The summed E-state index contributed by atoms with van der Waals surface area (Å²) >= 11 is 0. The molecule has 0 N–H and O–H groups in total. The molecule has 0 saturated carbocycles. The highest BCUT2D eigenvalue weighted by molar-refractivity contribution is 5.27. The average Bonchev–Trinajstić information content (AvgIpc) is 2.58. The molecule has 0 aromatic heterocycles. The molecule has 1 aliphatic rings. The van der Waals surface area contributed by atoms with Crippen LogP contribution >= 0.6 is 0 Å². The minimum absolute atomic E-state index is 0.160. The van der Waals surface area contributed by atoms with Crippen molar-refractivity contribution in [2.24, 2.45) is 0 Å². The van der Waals surface area contributed by atoms with E-state index in [0.29, 0.717) is 0 Å². The highest BCUT2D eigenvalue weighted by atomic mass is 19.1. The summed E-state index contributed by atoms with van der Waals surface area (Å²) in [6.45, 7) is 3.48. The summed E-state index contributed by atoms with van der Waals surface area (Å²) in [5.74, 6) is 0.685. The Morgan fingerprint density at radius 2 is 1.78 bits per heavy atom. The minimum atomic E-state index is -0.195. The number of methoxy groups -OCH3 is 1. The van der Waals surface area contributed by atoms with E-state index in [-0.39, 0.29) is 11.9 Å². The maximum atomic E-state index is 13.0. The molecular formula is C19H22FNO2. The van der Waals surface area contributed by atoms with Gasteiger partial charge >= 0.3 is 0 Å². The van der Waals surface area contributed by atoms with Gasteiger partial charge in [0.05, 0.1) is 19.8 Å². The number of morpholine rings is 1. The molecule has 1 aliphatic heterocycles. The lowest BCUT2D eigenvalue weighted by molar-refractivity contribution is -0.0305. The zero-order valence-corrected chi connectivity index (χ0v) is 13.4. The van der Waals surface area contributed by atoms with Crippen molar-refractivity contribution < 1.29 is 13.9 Å². The second-order valence-electron chi connectivity index (χ2n) is 5.91. The number of hydrogen-bond acceptors (Lipinski definition) is 3. The normalized spacial score (nSPS) is 18.8. The fourth-order valence-electron chi connectivity index (χ4n) is 2.92. The van der Waals surface area contributed by atoms with Gasteiger partial charge in [-0.15, -0.1) is 0 Å². The van der Waals surface area contributed by atoms with Crippen molar-refractivity contribution >= 4 is 0 Å².